The summed E-state index contributed by atoms with van der Waals surface area (Å²) in [6, 6.07) is 23.6. The van der Waals surface area contributed by atoms with Gasteiger partial charge in [-0.2, -0.15) is 0 Å². The lowest BCUT2D eigenvalue weighted by Gasteiger charge is -2.25. The van der Waals surface area contributed by atoms with Crippen LogP contribution in [0, 0.1) is 13.8 Å². The molecule has 1 aliphatic heterocycles. The number of carbonyl (C=O) groups is 3. The summed E-state index contributed by atoms with van der Waals surface area (Å²) in [5, 5.41) is -0.524. The number of rotatable bonds is 9. The largest absolute Gasteiger partial charge is 0.461 e. The molecule has 0 amide bonds. The third-order valence-electron chi connectivity index (χ3n) is 6.03. The Morgan fingerprint density at radius 2 is 1.32 bits per heavy atom. The highest BCUT2D eigenvalue weighted by Crippen LogP contribution is 2.40. The van der Waals surface area contributed by atoms with Crippen LogP contribution in [0.1, 0.15) is 44.3 Å². The van der Waals surface area contributed by atoms with Crippen molar-refractivity contribution in [3.8, 4) is 0 Å². The number of benzene rings is 3. The molecular formula is C30H30O7S. The molecule has 8 heteroatoms. The third kappa shape index (κ3) is 7.24. The summed E-state index contributed by atoms with van der Waals surface area (Å²) in [6.45, 7) is 5.33. The number of carbonyl (C=O) groups excluding carboxylic acids is 3. The first-order valence-corrected chi connectivity index (χ1v) is 13.2. The van der Waals surface area contributed by atoms with Gasteiger partial charge in [-0.1, -0.05) is 65.7 Å². The van der Waals surface area contributed by atoms with E-state index in [-0.39, 0.29) is 13.2 Å². The topological polar surface area (TPSA) is 88.1 Å². The lowest BCUT2D eigenvalue weighted by molar-refractivity contribution is -0.152. The van der Waals surface area contributed by atoms with Crippen molar-refractivity contribution in [1.82, 2.24) is 0 Å². The highest BCUT2D eigenvalue weighted by Gasteiger charge is 2.50. The van der Waals surface area contributed by atoms with Crippen molar-refractivity contribution >= 4 is 29.7 Å². The average Bonchev–Trinajstić information content (AvgIpc) is 3.22. The molecule has 1 saturated heterocycles. The molecule has 4 rings (SSSR count). The minimum atomic E-state index is -0.840. The van der Waals surface area contributed by atoms with Crippen LogP contribution in [0.3, 0.4) is 0 Å². The van der Waals surface area contributed by atoms with Crippen molar-refractivity contribution in [2.75, 3.05) is 6.61 Å². The van der Waals surface area contributed by atoms with Crippen molar-refractivity contribution in [2.24, 2.45) is 0 Å². The molecule has 1 unspecified atom stereocenters. The van der Waals surface area contributed by atoms with Gasteiger partial charge in [-0.25, -0.2) is 9.59 Å². The molecule has 0 aromatic heterocycles. The molecule has 0 spiro atoms. The fraction of sp³-hybridized carbons (Fsp3) is 0.300. The molecule has 0 radical (unpaired) electrons. The normalized spacial score (nSPS) is 20.5. The molecule has 0 N–H and O–H groups in total. The van der Waals surface area contributed by atoms with E-state index in [0.29, 0.717) is 11.1 Å². The van der Waals surface area contributed by atoms with Gasteiger partial charge in [0.2, 0.25) is 0 Å². The maximum Gasteiger partial charge on any atom is 0.338 e. The molecule has 1 heterocycles. The minimum Gasteiger partial charge on any atom is -0.461 e. The van der Waals surface area contributed by atoms with Crippen molar-refractivity contribution in [3.05, 3.63) is 107 Å². The Bertz CT molecular complexity index is 1240. The van der Waals surface area contributed by atoms with Gasteiger partial charge in [-0.3, -0.25) is 4.79 Å². The second kappa shape index (κ2) is 12.8. The Morgan fingerprint density at radius 3 is 1.89 bits per heavy atom. The highest BCUT2D eigenvalue weighted by atomic mass is 32.2. The fourth-order valence-corrected chi connectivity index (χ4v) is 5.42. The molecule has 3 aromatic rings. The molecule has 198 valence electrons. The monoisotopic (exact) mass is 534 g/mol. The Morgan fingerprint density at radius 1 is 0.737 bits per heavy atom. The van der Waals surface area contributed by atoms with Crippen molar-refractivity contribution in [3.63, 3.8) is 0 Å². The quantitative estimate of drug-likeness (QED) is 0.271. The van der Waals surface area contributed by atoms with E-state index in [2.05, 4.69) is 0 Å². The Kier molecular flexibility index (Phi) is 9.20. The van der Waals surface area contributed by atoms with Gasteiger partial charge in [-0.05, 0) is 43.7 Å². The summed E-state index contributed by atoms with van der Waals surface area (Å²) in [7, 11) is 0. The van der Waals surface area contributed by atoms with E-state index in [0.717, 1.165) is 16.7 Å². The number of ether oxygens (including phenoxy) is 4. The SMILES string of the molecule is CC(=O)OC1S[C@@H](COC(=O)c2ccc(C)cc2)[C@H](OC(=O)c2ccc(C)cc2)[C@H]1OCc1ccccc1. The number of thioether (sulfide) groups is 1. The van der Waals surface area contributed by atoms with Gasteiger partial charge in [0.15, 0.2) is 5.44 Å². The first-order valence-electron chi connectivity index (χ1n) is 12.3. The zero-order chi connectivity index (χ0) is 27.1. The zero-order valence-corrected chi connectivity index (χ0v) is 22.3. The first kappa shape index (κ1) is 27.4. The van der Waals surface area contributed by atoms with Gasteiger partial charge in [-0.15, -0.1) is 11.8 Å². The zero-order valence-electron chi connectivity index (χ0n) is 21.5. The van der Waals surface area contributed by atoms with E-state index >= 15 is 0 Å². The predicted molar refractivity (Wildman–Crippen MR) is 144 cm³/mol. The van der Waals surface area contributed by atoms with Crippen LogP contribution in [-0.4, -0.2) is 47.4 Å². The summed E-state index contributed by atoms with van der Waals surface area (Å²) in [5.74, 6) is -1.52. The van der Waals surface area contributed by atoms with Crippen LogP contribution in [0.25, 0.3) is 0 Å². The van der Waals surface area contributed by atoms with E-state index in [9.17, 15) is 14.4 Å². The molecule has 1 fully saturated rings. The fourth-order valence-electron chi connectivity index (χ4n) is 3.98. The summed E-state index contributed by atoms with van der Waals surface area (Å²) in [4.78, 5) is 37.7. The number of esters is 3. The van der Waals surface area contributed by atoms with Crippen LogP contribution in [0.15, 0.2) is 78.9 Å². The van der Waals surface area contributed by atoms with Crippen LogP contribution in [-0.2, 0) is 30.3 Å². The van der Waals surface area contributed by atoms with E-state index < -0.39 is 40.8 Å². The maximum absolute atomic E-state index is 13.1. The molecule has 4 atom stereocenters. The minimum absolute atomic E-state index is 0.0633. The number of hydrogen-bond acceptors (Lipinski definition) is 8. The van der Waals surface area contributed by atoms with Gasteiger partial charge in [0, 0.05) is 6.92 Å². The average molecular weight is 535 g/mol. The van der Waals surface area contributed by atoms with Gasteiger partial charge in [0.25, 0.3) is 0 Å². The maximum atomic E-state index is 13.1. The second-order valence-electron chi connectivity index (χ2n) is 9.11. The Hall–Kier alpha value is -3.62. The van der Waals surface area contributed by atoms with Crippen LogP contribution < -0.4 is 0 Å². The molecule has 3 aromatic carbocycles. The summed E-state index contributed by atoms with van der Waals surface area (Å²) in [6.07, 6.45) is -1.62. The van der Waals surface area contributed by atoms with Crippen LogP contribution in [0.5, 0.6) is 0 Å². The van der Waals surface area contributed by atoms with Crippen LogP contribution in [0.4, 0.5) is 0 Å². The molecule has 0 saturated carbocycles. The van der Waals surface area contributed by atoms with E-state index in [4.69, 9.17) is 18.9 Å². The number of aryl methyl sites for hydroxylation is 2. The van der Waals surface area contributed by atoms with Gasteiger partial charge in [0.05, 0.1) is 23.0 Å². The smallest absolute Gasteiger partial charge is 0.338 e. The molecule has 1 aliphatic rings. The summed E-state index contributed by atoms with van der Waals surface area (Å²) < 4.78 is 23.3. The lowest BCUT2D eigenvalue weighted by atomic mass is 10.1. The van der Waals surface area contributed by atoms with Gasteiger partial charge < -0.3 is 18.9 Å². The van der Waals surface area contributed by atoms with E-state index in [1.54, 1.807) is 24.3 Å². The van der Waals surface area contributed by atoms with Crippen LogP contribution >= 0.6 is 11.8 Å². The van der Waals surface area contributed by atoms with Gasteiger partial charge in [0.1, 0.15) is 18.8 Å². The third-order valence-corrected chi connectivity index (χ3v) is 7.42. The number of hydrogen-bond donors (Lipinski definition) is 0. The summed E-state index contributed by atoms with van der Waals surface area (Å²) >= 11 is 1.25. The Balaban J connectivity index is 1.55. The molecule has 0 aliphatic carbocycles. The van der Waals surface area contributed by atoms with Gasteiger partial charge >= 0.3 is 17.9 Å². The Labute approximate surface area is 226 Å². The summed E-state index contributed by atoms with van der Waals surface area (Å²) in [5.41, 5.74) is 3.00. The standard InChI is InChI=1S/C30H30O7S/c1-19-9-13-23(14-10-19)28(32)35-18-25-26(37-29(33)24-15-11-20(2)12-16-24)27(30(38-25)36-21(3)31)34-17-22-7-5-4-6-8-22/h4-16,25-27,30H,17-18H2,1-3H3/t25-,26-,27+,30?/m0/s1. The molecule has 7 nitrogen and oxygen atoms in total. The molecular weight excluding hydrogens is 504 g/mol. The molecule has 0 bridgehead atoms. The predicted octanol–water partition coefficient (Wildman–Crippen LogP) is 5.28. The van der Waals surface area contributed by atoms with Crippen molar-refractivity contribution < 1.29 is 33.3 Å². The van der Waals surface area contributed by atoms with E-state index in [1.165, 1.54) is 18.7 Å². The lowest BCUT2D eigenvalue weighted by Crippen LogP contribution is -2.41. The van der Waals surface area contributed by atoms with Crippen LogP contribution in [0.2, 0.25) is 0 Å². The van der Waals surface area contributed by atoms with E-state index in [1.807, 2.05) is 68.4 Å². The molecule has 38 heavy (non-hydrogen) atoms. The highest BCUT2D eigenvalue weighted by molar-refractivity contribution is 8.00. The first-order chi connectivity index (χ1) is 18.3. The van der Waals surface area contributed by atoms with Crippen molar-refractivity contribution in [2.45, 2.75) is 50.3 Å². The van der Waals surface area contributed by atoms with Crippen molar-refractivity contribution in [1.29, 1.82) is 0 Å². The second-order valence-corrected chi connectivity index (χ2v) is 10.5.